The summed E-state index contributed by atoms with van der Waals surface area (Å²) in [6, 6.07) is 0. The van der Waals surface area contributed by atoms with Gasteiger partial charge in [0.05, 0.1) is 40.3 Å². The van der Waals surface area contributed by atoms with Crippen molar-refractivity contribution in [2.75, 3.05) is 47.5 Å². The third-order valence-corrected chi connectivity index (χ3v) is 8.78. The van der Waals surface area contributed by atoms with Crippen LogP contribution in [0.5, 0.6) is 0 Å². The van der Waals surface area contributed by atoms with Gasteiger partial charge in [-0.05, 0) is 70.6 Å². The van der Waals surface area contributed by atoms with Crippen LogP contribution in [0.15, 0.2) is 48.6 Å². The average molecular weight is 762 g/mol. The molecule has 0 radical (unpaired) electrons. The summed E-state index contributed by atoms with van der Waals surface area (Å²) in [4.78, 5) is 36.8. The molecule has 0 rings (SSSR count). The number of ether oxygens (including phenoxy) is 4. The molecule has 0 fully saturated rings. The summed E-state index contributed by atoms with van der Waals surface area (Å²) >= 11 is 0. The molecule has 0 aromatic rings. The van der Waals surface area contributed by atoms with Gasteiger partial charge in [0.15, 0.2) is 12.4 Å². The van der Waals surface area contributed by atoms with Gasteiger partial charge in [0, 0.05) is 12.8 Å². The number of carbonyl (C=O) groups excluding carboxylic acids is 3. The lowest BCUT2D eigenvalue weighted by molar-refractivity contribution is -0.870. The van der Waals surface area contributed by atoms with E-state index in [4.69, 9.17) is 18.9 Å². The normalized spacial score (nSPS) is 13.4. The first-order valence-electron chi connectivity index (χ1n) is 21.3. The molecule has 0 bridgehead atoms. The molecule has 0 saturated heterocycles. The fourth-order valence-electron chi connectivity index (χ4n) is 5.42. The maximum Gasteiger partial charge on any atom is 0.306 e. The van der Waals surface area contributed by atoms with Crippen molar-refractivity contribution >= 4 is 17.9 Å². The zero-order valence-electron chi connectivity index (χ0n) is 35.1. The Bertz CT molecular complexity index is 1030. The van der Waals surface area contributed by atoms with Gasteiger partial charge in [0.1, 0.15) is 13.2 Å². The fraction of sp³-hybridized carbons (Fsp3) is 0.756. The molecular formula is C45H79NO8. The van der Waals surface area contributed by atoms with E-state index >= 15 is 0 Å². The van der Waals surface area contributed by atoms with Crippen LogP contribution in [0.3, 0.4) is 0 Å². The molecule has 0 spiro atoms. The van der Waals surface area contributed by atoms with Gasteiger partial charge in [-0.15, -0.1) is 0 Å². The smallest absolute Gasteiger partial charge is 0.306 e. The number of quaternary nitrogens is 1. The first-order chi connectivity index (χ1) is 26.1. The van der Waals surface area contributed by atoms with Gasteiger partial charge in [0.2, 0.25) is 0 Å². The van der Waals surface area contributed by atoms with Crippen molar-refractivity contribution in [1.29, 1.82) is 0 Å². The van der Waals surface area contributed by atoms with Gasteiger partial charge in [-0.2, -0.15) is 0 Å². The molecule has 0 N–H and O–H groups in total. The van der Waals surface area contributed by atoms with Crippen LogP contribution in [-0.2, 0) is 33.3 Å². The standard InChI is InChI=1S/C45H79NO8/c1-6-8-10-12-14-16-18-19-20-21-22-23-24-25-26-28-30-32-34-36-43(48)54-41(40-53-45(44(49)50)51-38-37-46(3,4)5)39-52-42(47)35-33-31-29-27-17-15-13-11-9-7-2/h11,13-14,16,19-20,22-23,41,45H,6-10,12,15,17-18,21,24-40H2,1-5H3/b13-11-,16-14-,20-19-,23-22-. The monoisotopic (exact) mass is 762 g/mol. The maximum absolute atomic E-state index is 12.7. The zero-order valence-corrected chi connectivity index (χ0v) is 35.1. The van der Waals surface area contributed by atoms with Crippen LogP contribution in [0.4, 0.5) is 0 Å². The van der Waals surface area contributed by atoms with E-state index in [1.54, 1.807) is 0 Å². The highest BCUT2D eigenvalue weighted by Gasteiger charge is 2.21. The molecule has 0 aliphatic carbocycles. The Morgan fingerprint density at radius 2 is 1.04 bits per heavy atom. The number of nitrogens with zero attached hydrogens (tertiary/aromatic N) is 1. The number of hydrogen-bond acceptors (Lipinski definition) is 8. The van der Waals surface area contributed by atoms with Crippen LogP contribution in [-0.4, -0.2) is 82.3 Å². The molecule has 9 heteroatoms. The second kappa shape index (κ2) is 37.2. The minimum absolute atomic E-state index is 0.142. The number of carboxylic acids is 1. The summed E-state index contributed by atoms with van der Waals surface area (Å²) in [5.74, 6) is -2.32. The number of aliphatic carboxylic acids is 1. The van der Waals surface area contributed by atoms with E-state index in [1.165, 1.54) is 32.1 Å². The molecule has 0 amide bonds. The maximum atomic E-state index is 12.7. The summed E-state index contributed by atoms with van der Waals surface area (Å²) in [5, 5.41) is 11.7. The average Bonchev–Trinajstić information content (AvgIpc) is 3.12. The van der Waals surface area contributed by atoms with Gasteiger partial charge in [-0.1, -0.05) is 127 Å². The summed E-state index contributed by atoms with van der Waals surface area (Å²) in [6.07, 6.45) is 38.6. The van der Waals surface area contributed by atoms with Crippen LogP contribution >= 0.6 is 0 Å². The number of hydrogen-bond donors (Lipinski definition) is 0. The van der Waals surface area contributed by atoms with Crippen molar-refractivity contribution in [3.05, 3.63) is 48.6 Å². The molecule has 2 unspecified atom stereocenters. The Morgan fingerprint density at radius 3 is 1.57 bits per heavy atom. The van der Waals surface area contributed by atoms with Gasteiger partial charge < -0.3 is 33.3 Å². The lowest BCUT2D eigenvalue weighted by Crippen LogP contribution is -2.44. The van der Waals surface area contributed by atoms with Crippen LogP contribution in [0.1, 0.15) is 162 Å². The van der Waals surface area contributed by atoms with Crippen molar-refractivity contribution in [2.45, 2.75) is 174 Å². The number of unbranched alkanes of at least 4 members (excludes halogenated alkanes) is 15. The molecular weight excluding hydrogens is 682 g/mol. The summed E-state index contributed by atoms with van der Waals surface area (Å²) < 4.78 is 22.4. The quantitative estimate of drug-likeness (QED) is 0.0201. The third-order valence-electron chi connectivity index (χ3n) is 8.78. The molecule has 54 heavy (non-hydrogen) atoms. The van der Waals surface area contributed by atoms with E-state index in [1.807, 2.05) is 21.1 Å². The van der Waals surface area contributed by atoms with Crippen LogP contribution in [0.25, 0.3) is 0 Å². The van der Waals surface area contributed by atoms with Crippen molar-refractivity contribution < 1.29 is 42.9 Å². The molecule has 9 nitrogen and oxygen atoms in total. The number of esters is 2. The molecule has 0 aromatic heterocycles. The summed E-state index contributed by atoms with van der Waals surface area (Å²) in [7, 11) is 5.89. The van der Waals surface area contributed by atoms with Gasteiger partial charge in [-0.3, -0.25) is 9.59 Å². The van der Waals surface area contributed by atoms with Gasteiger partial charge >= 0.3 is 11.9 Å². The second-order valence-corrected chi connectivity index (χ2v) is 15.3. The highest BCUT2D eigenvalue weighted by molar-refractivity contribution is 5.70. The van der Waals surface area contributed by atoms with Crippen LogP contribution in [0.2, 0.25) is 0 Å². The third kappa shape index (κ3) is 37.6. The zero-order chi connectivity index (χ0) is 40.0. The van der Waals surface area contributed by atoms with E-state index in [-0.39, 0.29) is 38.6 Å². The number of rotatable bonds is 38. The van der Waals surface area contributed by atoms with Gasteiger partial charge in [-0.25, -0.2) is 0 Å². The molecule has 0 saturated carbocycles. The topological polar surface area (TPSA) is 111 Å². The Kier molecular flexibility index (Phi) is 35.3. The molecule has 0 aromatic carbocycles. The fourth-order valence-corrected chi connectivity index (χ4v) is 5.42. The number of allylic oxidation sites excluding steroid dienone is 8. The summed E-state index contributed by atoms with van der Waals surface area (Å²) in [5.41, 5.74) is 0. The van der Waals surface area contributed by atoms with Crippen molar-refractivity contribution in [1.82, 2.24) is 0 Å². The van der Waals surface area contributed by atoms with Crippen molar-refractivity contribution in [3.8, 4) is 0 Å². The Hall–Kier alpha value is -2.75. The lowest BCUT2D eigenvalue weighted by Gasteiger charge is -2.26. The highest BCUT2D eigenvalue weighted by Crippen LogP contribution is 2.12. The number of carbonyl (C=O) groups is 3. The Balaban J connectivity index is 4.47. The number of carboxylic acid groups (broad SMARTS) is 1. The Labute approximate surface area is 330 Å². The molecule has 0 aliphatic rings. The van der Waals surface area contributed by atoms with Crippen LogP contribution in [0, 0.1) is 0 Å². The van der Waals surface area contributed by atoms with E-state index < -0.39 is 24.3 Å². The molecule has 0 heterocycles. The Morgan fingerprint density at radius 1 is 0.556 bits per heavy atom. The van der Waals surface area contributed by atoms with E-state index in [9.17, 15) is 19.5 Å². The highest BCUT2D eigenvalue weighted by atomic mass is 16.7. The van der Waals surface area contributed by atoms with E-state index in [2.05, 4.69) is 62.5 Å². The predicted molar refractivity (Wildman–Crippen MR) is 219 cm³/mol. The van der Waals surface area contributed by atoms with Crippen molar-refractivity contribution in [3.63, 3.8) is 0 Å². The summed E-state index contributed by atoms with van der Waals surface area (Å²) in [6.45, 7) is 4.60. The van der Waals surface area contributed by atoms with Gasteiger partial charge in [0.25, 0.3) is 0 Å². The lowest BCUT2D eigenvalue weighted by atomic mass is 10.1. The van der Waals surface area contributed by atoms with Crippen molar-refractivity contribution in [2.24, 2.45) is 0 Å². The van der Waals surface area contributed by atoms with E-state index in [0.29, 0.717) is 17.4 Å². The molecule has 2 atom stereocenters. The first-order valence-corrected chi connectivity index (χ1v) is 21.3. The molecule has 312 valence electrons. The predicted octanol–water partition coefficient (Wildman–Crippen LogP) is 9.49. The number of likely N-dealkylation sites (N-methyl/N-ethyl adjacent to an activating group) is 1. The largest absolute Gasteiger partial charge is 0.545 e. The first kappa shape index (κ1) is 51.2. The minimum Gasteiger partial charge on any atom is -0.545 e. The minimum atomic E-state index is -1.62. The molecule has 0 aliphatic heterocycles. The SMILES string of the molecule is CCC/C=C\CCCCCCCC(=O)OCC(COC(OCC[N+](C)(C)C)C(=O)[O-])OC(=O)CCCCCCCC/C=C\C/C=C\C/C=C\CCCCC. The van der Waals surface area contributed by atoms with Crippen LogP contribution < -0.4 is 5.11 Å². The van der Waals surface area contributed by atoms with E-state index in [0.717, 1.165) is 96.3 Å². The second-order valence-electron chi connectivity index (χ2n) is 15.3.